The third-order valence-corrected chi connectivity index (χ3v) is 5.15. The van der Waals surface area contributed by atoms with E-state index in [1.807, 2.05) is 6.07 Å². The molecule has 0 amide bonds. The van der Waals surface area contributed by atoms with Gasteiger partial charge in [-0.25, -0.2) is 0 Å². The Hall–Kier alpha value is -1.58. The highest BCUT2D eigenvalue weighted by Crippen LogP contribution is 2.44. The van der Waals surface area contributed by atoms with Crippen molar-refractivity contribution in [2.75, 3.05) is 7.11 Å². The van der Waals surface area contributed by atoms with Gasteiger partial charge in [0.15, 0.2) is 0 Å². The van der Waals surface area contributed by atoms with E-state index in [-0.39, 0.29) is 12.8 Å². The van der Waals surface area contributed by atoms with E-state index in [1.54, 1.807) is 23.4 Å². The van der Waals surface area contributed by atoms with Gasteiger partial charge in [-0.15, -0.1) is 0 Å². The lowest BCUT2D eigenvalue weighted by atomic mass is 9.75. The van der Waals surface area contributed by atoms with Gasteiger partial charge in [0.25, 0.3) is 0 Å². The molecule has 24 heavy (non-hydrogen) atoms. The number of methoxy groups -OCH3 is 1. The van der Waals surface area contributed by atoms with Crippen LogP contribution in [0.2, 0.25) is 0 Å². The molecule has 2 fully saturated rings. The van der Waals surface area contributed by atoms with Crippen LogP contribution in [0.1, 0.15) is 18.4 Å². The Kier molecular flexibility index (Phi) is 4.58. The summed E-state index contributed by atoms with van der Waals surface area (Å²) in [6.07, 6.45) is -0.932. The number of pyridine rings is 1. The summed E-state index contributed by atoms with van der Waals surface area (Å²) in [5.41, 5.74) is -0.870. The second-order valence-corrected chi connectivity index (χ2v) is 6.52. The third kappa shape index (κ3) is 2.70. The second kappa shape index (κ2) is 6.38. The van der Waals surface area contributed by atoms with Crippen molar-refractivity contribution >= 4 is 5.97 Å². The maximum absolute atomic E-state index is 12.2. The van der Waals surface area contributed by atoms with Crippen LogP contribution in [0.3, 0.4) is 0 Å². The molecule has 3 rings (SSSR count). The fourth-order valence-electron chi connectivity index (χ4n) is 3.88. The molecule has 1 aliphatic heterocycles. The van der Waals surface area contributed by atoms with E-state index in [0.717, 1.165) is 5.56 Å². The van der Waals surface area contributed by atoms with Crippen LogP contribution in [0.25, 0.3) is 0 Å². The summed E-state index contributed by atoms with van der Waals surface area (Å²) in [6.45, 7) is 0.302. The van der Waals surface area contributed by atoms with Crippen molar-refractivity contribution in [3.05, 3.63) is 30.1 Å². The predicted octanol–water partition coefficient (Wildman–Crippen LogP) is -1.58. The Morgan fingerprint density at radius 3 is 2.83 bits per heavy atom. The van der Waals surface area contributed by atoms with Crippen molar-refractivity contribution in [2.45, 2.75) is 55.4 Å². The average molecular weight is 338 g/mol. The summed E-state index contributed by atoms with van der Waals surface area (Å²) < 4.78 is 4.83. The zero-order chi connectivity index (χ0) is 17.5. The van der Waals surface area contributed by atoms with Gasteiger partial charge in [-0.1, -0.05) is 6.07 Å². The lowest BCUT2D eigenvalue weighted by molar-refractivity contribution is -0.197. The molecule has 2 aliphatic rings. The maximum Gasteiger partial charge on any atom is 0.323 e. The van der Waals surface area contributed by atoms with Gasteiger partial charge in [0.2, 0.25) is 0 Å². The summed E-state index contributed by atoms with van der Waals surface area (Å²) in [5.74, 6) is -0.530. The van der Waals surface area contributed by atoms with E-state index >= 15 is 0 Å². The Morgan fingerprint density at radius 1 is 1.46 bits per heavy atom. The second-order valence-electron chi connectivity index (χ2n) is 6.52. The van der Waals surface area contributed by atoms with Crippen LogP contribution < -0.4 is 0 Å². The fourth-order valence-corrected chi connectivity index (χ4v) is 3.88. The number of hydrogen-bond acceptors (Lipinski definition) is 8. The summed E-state index contributed by atoms with van der Waals surface area (Å²) in [4.78, 5) is 17.9. The number of likely N-dealkylation sites (tertiary alicyclic amines) is 1. The van der Waals surface area contributed by atoms with E-state index in [0.29, 0.717) is 6.54 Å². The molecule has 1 aromatic rings. The standard InChI is InChI=1S/C16H22N2O6/c1-24-15(22)10-6-16(23)12(5-11(19)13(20)14(16)21)18(10)8-9-3-2-4-17-7-9/h2-4,7,10-14,19-21,23H,5-6,8H2,1H3/t10-,11+,12+,13-,14-,16-/m0/s1. The van der Waals surface area contributed by atoms with E-state index in [9.17, 15) is 25.2 Å². The fraction of sp³-hybridized carbons (Fsp3) is 0.625. The van der Waals surface area contributed by atoms with Crippen LogP contribution in [0.4, 0.5) is 0 Å². The van der Waals surface area contributed by atoms with Gasteiger partial charge in [0.05, 0.1) is 13.2 Å². The SMILES string of the molecule is COC(=O)[C@@H]1C[C@@]2(O)[C@@H](O)[C@@H](O)[C@H](O)C[C@H]2N1Cc1cccnc1. The lowest BCUT2D eigenvalue weighted by Crippen LogP contribution is -2.64. The van der Waals surface area contributed by atoms with Gasteiger partial charge in [0.1, 0.15) is 23.9 Å². The molecule has 0 spiro atoms. The van der Waals surface area contributed by atoms with Crippen molar-refractivity contribution in [3.8, 4) is 0 Å². The summed E-state index contributed by atoms with van der Waals surface area (Å²) >= 11 is 0. The van der Waals surface area contributed by atoms with Crippen LogP contribution in [-0.2, 0) is 16.1 Å². The van der Waals surface area contributed by atoms with Crippen molar-refractivity contribution < 1.29 is 30.0 Å². The molecule has 132 valence electrons. The zero-order valence-corrected chi connectivity index (χ0v) is 13.3. The molecule has 8 heteroatoms. The highest BCUT2D eigenvalue weighted by atomic mass is 16.5. The molecular weight excluding hydrogens is 316 g/mol. The van der Waals surface area contributed by atoms with Gasteiger partial charge in [-0.05, 0) is 18.1 Å². The van der Waals surface area contributed by atoms with Crippen molar-refractivity contribution in [2.24, 2.45) is 0 Å². The van der Waals surface area contributed by atoms with Crippen LogP contribution in [0.5, 0.6) is 0 Å². The Bertz CT molecular complexity index is 599. The molecule has 2 heterocycles. The molecule has 4 N–H and O–H groups in total. The molecule has 1 saturated heterocycles. The number of aromatic nitrogens is 1. The molecule has 0 radical (unpaired) electrons. The van der Waals surface area contributed by atoms with Crippen LogP contribution in [0.15, 0.2) is 24.5 Å². The molecule has 1 aromatic heterocycles. The van der Waals surface area contributed by atoms with Gasteiger partial charge < -0.3 is 25.2 Å². The number of aliphatic hydroxyl groups excluding tert-OH is 3. The number of fused-ring (bicyclic) bond motifs is 1. The first kappa shape index (κ1) is 17.2. The number of carbonyl (C=O) groups is 1. The molecular formula is C16H22N2O6. The molecule has 0 aromatic carbocycles. The van der Waals surface area contributed by atoms with Crippen molar-refractivity contribution in [1.29, 1.82) is 0 Å². The number of nitrogens with zero attached hydrogens (tertiary/aromatic N) is 2. The minimum absolute atomic E-state index is 0.0441. The first-order chi connectivity index (χ1) is 11.4. The Labute approximate surface area is 139 Å². The normalized spacial score (nSPS) is 39.5. The number of carbonyl (C=O) groups excluding carboxylic acids is 1. The Balaban J connectivity index is 1.95. The average Bonchev–Trinajstić information content (AvgIpc) is 2.87. The minimum Gasteiger partial charge on any atom is -0.468 e. The quantitative estimate of drug-likeness (QED) is 0.487. The van der Waals surface area contributed by atoms with Crippen LogP contribution >= 0.6 is 0 Å². The molecule has 0 unspecified atom stereocenters. The van der Waals surface area contributed by atoms with E-state index < -0.39 is 42.0 Å². The Morgan fingerprint density at radius 2 is 2.21 bits per heavy atom. The van der Waals surface area contributed by atoms with Gasteiger partial charge in [-0.2, -0.15) is 0 Å². The third-order valence-electron chi connectivity index (χ3n) is 5.15. The maximum atomic E-state index is 12.2. The summed E-state index contributed by atoms with van der Waals surface area (Å²) in [5, 5.41) is 41.1. The topological polar surface area (TPSA) is 123 Å². The molecule has 1 aliphatic carbocycles. The van der Waals surface area contributed by atoms with E-state index in [2.05, 4.69) is 4.98 Å². The van der Waals surface area contributed by atoms with Gasteiger partial charge in [-0.3, -0.25) is 14.7 Å². The van der Waals surface area contributed by atoms with Crippen molar-refractivity contribution in [3.63, 3.8) is 0 Å². The van der Waals surface area contributed by atoms with Gasteiger partial charge in [0, 0.05) is 31.4 Å². The molecule has 6 atom stereocenters. The lowest BCUT2D eigenvalue weighted by Gasteiger charge is -2.45. The predicted molar refractivity (Wildman–Crippen MR) is 81.6 cm³/mol. The first-order valence-corrected chi connectivity index (χ1v) is 7.87. The van der Waals surface area contributed by atoms with E-state index in [1.165, 1.54) is 7.11 Å². The molecule has 0 bridgehead atoms. The number of rotatable bonds is 3. The highest BCUT2D eigenvalue weighted by molar-refractivity contribution is 5.76. The molecule has 8 nitrogen and oxygen atoms in total. The number of ether oxygens (including phenoxy) is 1. The minimum atomic E-state index is -1.69. The van der Waals surface area contributed by atoms with E-state index in [4.69, 9.17) is 4.74 Å². The van der Waals surface area contributed by atoms with Crippen molar-refractivity contribution in [1.82, 2.24) is 9.88 Å². The first-order valence-electron chi connectivity index (χ1n) is 7.87. The van der Waals surface area contributed by atoms with Crippen LogP contribution in [-0.4, -0.2) is 79.4 Å². The number of aliphatic hydroxyl groups is 4. The smallest absolute Gasteiger partial charge is 0.323 e. The summed E-state index contributed by atoms with van der Waals surface area (Å²) in [6, 6.07) is 2.13. The number of hydrogen-bond donors (Lipinski definition) is 4. The largest absolute Gasteiger partial charge is 0.468 e. The van der Waals surface area contributed by atoms with Crippen LogP contribution in [0, 0.1) is 0 Å². The summed E-state index contributed by atoms with van der Waals surface area (Å²) in [7, 11) is 1.26. The monoisotopic (exact) mass is 338 g/mol. The number of esters is 1. The highest BCUT2D eigenvalue weighted by Gasteiger charge is 2.62. The zero-order valence-electron chi connectivity index (χ0n) is 13.3. The van der Waals surface area contributed by atoms with Gasteiger partial charge >= 0.3 is 5.97 Å². The molecule has 1 saturated carbocycles.